The van der Waals surface area contributed by atoms with Gasteiger partial charge in [-0.1, -0.05) is 48.5 Å². The summed E-state index contributed by atoms with van der Waals surface area (Å²) < 4.78 is 1.50. The van der Waals surface area contributed by atoms with Crippen molar-refractivity contribution in [2.24, 2.45) is 7.05 Å². The first-order chi connectivity index (χ1) is 21.4. The van der Waals surface area contributed by atoms with Crippen LogP contribution in [0.2, 0.25) is 0 Å². The summed E-state index contributed by atoms with van der Waals surface area (Å²) in [5.74, 6) is -0.592. The first kappa shape index (κ1) is 29.1. The second-order valence-electron chi connectivity index (χ2n) is 11.4. The Morgan fingerprint density at radius 2 is 1.64 bits per heavy atom. The van der Waals surface area contributed by atoms with E-state index in [2.05, 4.69) is 73.7 Å². The quantitative estimate of drug-likeness (QED) is 0.173. The second kappa shape index (κ2) is 12.7. The van der Waals surface area contributed by atoms with Gasteiger partial charge in [-0.25, -0.2) is 0 Å². The predicted octanol–water partition coefficient (Wildman–Crippen LogP) is 5.46. The summed E-state index contributed by atoms with van der Waals surface area (Å²) >= 11 is 0. The van der Waals surface area contributed by atoms with Gasteiger partial charge in [0.25, 0.3) is 5.91 Å². The molecule has 2 amide bonds. The molecule has 0 saturated heterocycles. The molecule has 3 heterocycles. The van der Waals surface area contributed by atoms with E-state index < -0.39 is 6.04 Å². The first-order valence-corrected chi connectivity index (χ1v) is 15.0. The molecular weight excluding hydrogens is 550 g/mol. The van der Waals surface area contributed by atoms with Crippen LogP contribution in [-0.2, 0) is 31.4 Å². The summed E-state index contributed by atoms with van der Waals surface area (Å²) in [5, 5.41) is 20.7. The lowest BCUT2D eigenvalue weighted by atomic mass is 9.98. The number of hydrogen-bond acceptors (Lipinski definition) is 5. The Labute approximate surface area is 257 Å². The van der Waals surface area contributed by atoms with Crippen molar-refractivity contribution in [3.63, 3.8) is 0 Å². The number of nitrogens with one attached hydrogen (secondary N) is 4. The number of anilines is 1. The summed E-state index contributed by atoms with van der Waals surface area (Å²) in [7, 11) is 1.71. The van der Waals surface area contributed by atoms with Gasteiger partial charge in [0.1, 0.15) is 11.7 Å². The second-order valence-corrected chi connectivity index (χ2v) is 11.4. The smallest absolute Gasteiger partial charge is 0.270 e. The zero-order valence-corrected chi connectivity index (χ0v) is 25.3. The molecule has 0 spiro atoms. The molecule has 9 heteroatoms. The molecule has 2 aromatic heterocycles. The van der Waals surface area contributed by atoms with Crippen molar-refractivity contribution in [2.45, 2.75) is 52.2 Å². The maximum Gasteiger partial charge on any atom is 0.270 e. The summed E-state index contributed by atoms with van der Waals surface area (Å²) in [6.07, 6.45) is 3.57. The number of hydrogen-bond donors (Lipinski definition) is 4. The zero-order valence-electron chi connectivity index (χ0n) is 25.3. The molecule has 0 bridgehead atoms. The molecule has 1 aliphatic heterocycles. The van der Waals surface area contributed by atoms with Gasteiger partial charge in [0.05, 0.1) is 5.69 Å². The number of rotatable bonds is 10. The van der Waals surface area contributed by atoms with Crippen molar-refractivity contribution >= 4 is 17.5 Å². The van der Waals surface area contributed by atoms with Crippen molar-refractivity contribution in [1.82, 2.24) is 30.6 Å². The van der Waals surface area contributed by atoms with E-state index in [1.807, 2.05) is 38.1 Å². The van der Waals surface area contributed by atoms with E-state index in [0.717, 1.165) is 48.4 Å². The summed E-state index contributed by atoms with van der Waals surface area (Å²) in [6.45, 7) is 5.81. The molecule has 6 rings (SSSR count). The third-order valence-corrected chi connectivity index (χ3v) is 8.33. The molecule has 0 fully saturated rings. The number of carbonyl (C=O) groups excluding carboxylic acids is 2. The lowest BCUT2D eigenvalue weighted by Gasteiger charge is -2.19. The lowest BCUT2D eigenvalue weighted by Crippen LogP contribution is -2.44. The molecule has 0 radical (unpaired) electrons. The standard InChI is InChI=1S/C35H37N7O2/c1-22-33(23(2)41-40-22)26-13-15-30(16-14-26)38-34(43)31(39-35(44)32-17-18-37-42(32)3)6-4-5-24-7-9-25(10-8-24)27-11-12-28-20-36-21-29(28)19-27/h7-19,31,36H,4-6,20-21H2,1-3H3,(H,38,43)(H,39,44)(H,40,41)/t31-/m0/s1. The number of benzene rings is 3. The SMILES string of the molecule is Cc1n[nH]c(C)c1-c1ccc(NC(=O)[C@H](CCCc2ccc(-c3ccc4c(c3)CNC4)cc2)NC(=O)c2ccnn2C)cc1. The van der Waals surface area contributed by atoms with Crippen LogP contribution in [-0.4, -0.2) is 37.8 Å². The Morgan fingerprint density at radius 1 is 0.909 bits per heavy atom. The number of fused-ring (bicyclic) bond motifs is 1. The first-order valence-electron chi connectivity index (χ1n) is 15.0. The molecule has 0 aliphatic carbocycles. The third-order valence-electron chi connectivity index (χ3n) is 8.33. The van der Waals surface area contributed by atoms with Gasteiger partial charge in [-0.2, -0.15) is 10.2 Å². The van der Waals surface area contributed by atoms with Crippen molar-refractivity contribution < 1.29 is 9.59 Å². The fourth-order valence-corrected chi connectivity index (χ4v) is 5.87. The highest BCUT2D eigenvalue weighted by Crippen LogP contribution is 2.27. The van der Waals surface area contributed by atoms with Gasteiger partial charge in [0, 0.05) is 43.3 Å². The Hall–Kier alpha value is -5.02. The molecule has 0 unspecified atom stereocenters. The summed E-state index contributed by atoms with van der Waals surface area (Å²) in [6, 6.07) is 23.9. The fourth-order valence-electron chi connectivity index (χ4n) is 5.87. The number of H-pyrrole nitrogens is 1. The van der Waals surface area contributed by atoms with Crippen LogP contribution in [0.3, 0.4) is 0 Å². The molecule has 9 nitrogen and oxygen atoms in total. The average Bonchev–Trinajstić information content (AvgIpc) is 3.77. The van der Waals surface area contributed by atoms with Crippen molar-refractivity contribution in [3.05, 3.63) is 113 Å². The van der Waals surface area contributed by atoms with Gasteiger partial charge >= 0.3 is 0 Å². The van der Waals surface area contributed by atoms with Crippen molar-refractivity contribution in [3.8, 4) is 22.3 Å². The molecule has 1 atom stereocenters. The van der Waals surface area contributed by atoms with E-state index in [1.165, 1.54) is 32.5 Å². The Kier molecular flexibility index (Phi) is 8.38. The Morgan fingerprint density at radius 3 is 2.34 bits per heavy atom. The highest BCUT2D eigenvalue weighted by atomic mass is 16.2. The van der Waals surface area contributed by atoms with Crippen LogP contribution >= 0.6 is 0 Å². The molecule has 1 aliphatic rings. The molecule has 3 aromatic carbocycles. The number of aromatic nitrogens is 4. The van der Waals surface area contributed by atoms with Gasteiger partial charge in [0.15, 0.2) is 0 Å². The zero-order chi connectivity index (χ0) is 30.6. The van der Waals surface area contributed by atoms with Gasteiger partial charge in [0.2, 0.25) is 5.91 Å². The predicted molar refractivity (Wildman–Crippen MR) is 172 cm³/mol. The number of amides is 2. The molecule has 0 saturated carbocycles. The summed E-state index contributed by atoms with van der Waals surface area (Å²) in [5.41, 5.74) is 11.4. The van der Waals surface area contributed by atoms with E-state index in [1.54, 1.807) is 19.3 Å². The number of aromatic amines is 1. The third kappa shape index (κ3) is 6.33. The molecule has 44 heavy (non-hydrogen) atoms. The van der Waals surface area contributed by atoms with Gasteiger partial charge < -0.3 is 16.0 Å². The van der Waals surface area contributed by atoms with Crippen LogP contribution in [0.15, 0.2) is 79.0 Å². The highest BCUT2D eigenvalue weighted by molar-refractivity contribution is 6.00. The van der Waals surface area contributed by atoms with Crippen LogP contribution in [0.4, 0.5) is 5.69 Å². The Balaban J connectivity index is 1.11. The number of carbonyl (C=O) groups is 2. The molecule has 5 aromatic rings. The normalized spacial score (nSPS) is 13.0. The largest absolute Gasteiger partial charge is 0.339 e. The van der Waals surface area contributed by atoms with E-state index in [0.29, 0.717) is 17.8 Å². The molecular formula is C35H37N7O2. The molecule has 224 valence electrons. The number of nitrogens with zero attached hydrogens (tertiary/aromatic N) is 3. The van der Waals surface area contributed by atoms with E-state index in [-0.39, 0.29) is 11.8 Å². The monoisotopic (exact) mass is 587 g/mol. The minimum absolute atomic E-state index is 0.259. The van der Waals surface area contributed by atoms with E-state index in [9.17, 15) is 9.59 Å². The van der Waals surface area contributed by atoms with Crippen LogP contribution in [0.25, 0.3) is 22.3 Å². The van der Waals surface area contributed by atoms with Crippen molar-refractivity contribution in [2.75, 3.05) is 5.32 Å². The maximum absolute atomic E-state index is 13.5. The highest BCUT2D eigenvalue weighted by Gasteiger charge is 2.23. The van der Waals surface area contributed by atoms with E-state index >= 15 is 0 Å². The van der Waals surface area contributed by atoms with Crippen LogP contribution in [0, 0.1) is 13.8 Å². The minimum atomic E-state index is -0.713. The average molecular weight is 588 g/mol. The van der Waals surface area contributed by atoms with Crippen LogP contribution in [0.1, 0.15) is 51.4 Å². The van der Waals surface area contributed by atoms with Gasteiger partial charge in [-0.3, -0.25) is 19.4 Å². The van der Waals surface area contributed by atoms with Gasteiger partial charge in [-0.05, 0) is 90.8 Å². The van der Waals surface area contributed by atoms with E-state index in [4.69, 9.17) is 0 Å². The lowest BCUT2D eigenvalue weighted by molar-refractivity contribution is -0.118. The van der Waals surface area contributed by atoms with Crippen LogP contribution in [0.5, 0.6) is 0 Å². The fraction of sp³-hybridized carbons (Fsp3) is 0.257. The van der Waals surface area contributed by atoms with Crippen molar-refractivity contribution in [1.29, 1.82) is 0 Å². The van der Waals surface area contributed by atoms with Gasteiger partial charge in [-0.15, -0.1) is 0 Å². The number of aryl methyl sites for hydroxylation is 4. The van der Waals surface area contributed by atoms with Crippen LogP contribution < -0.4 is 16.0 Å². The topological polar surface area (TPSA) is 117 Å². The Bertz CT molecular complexity index is 1770. The maximum atomic E-state index is 13.5. The molecule has 4 N–H and O–H groups in total. The summed E-state index contributed by atoms with van der Waals surface area (Å²) in [4.78, 5) is 26.5. The minimum Gasteiger partial charge on any atom is -0.339 e.